The number of nitrogens with one attached hydrogen (secondary N) is 1. The molecule has 1 amide bonds. The van der Waals surface area contributed by atoms with Gasteiger partial charge < -0.3 is 5.32 Å². The lowest BCUT2D eigenvalue weighted by Crippen LogP contribution is -2.49. The molecule has 0 spiro atoms. The molecule has 3 rings (SSSR count). The lowest BCUT2D eigenvalue weighted by atomic mass is 10.1. The van der Waals surface area contributed by atoms with Crippen molar-refractivity contribution in [3.05, 3.63) is 64.7 Å². The zero-order valence-electron chi connectivity index (χ0n) is 18.1. The van der Waals surface area contributed by atoms with Crippen LogP contribution in [0.3, 0.4) is 0 Å². The van der Waals surface area contributed by atoms with Crippen molar-refractivity contribution in [2.24, 2.45) is 0 Å². The van der Waals surface area contributed by atoms with Gasteiger partial charge >= 0.3 is 0 Å². The van der Waals surface area contributed by atoms with Crippen molar-refractivity contribution in [1.82, 2.24) is 10.2 Å². The Bertz CT molecular complexity index is 1010. The zero-order chi connectivity index (χ0) is 22.4. The van der Waals surface area contributed by atoms with Crippen LogP contribution in [0.4, 0.5) is 5.69 Å². The van der Waals surface area contributed by atoms with E-state index in [2.05, 4.69) is 22.3 Å². The Balaban J connectivity index is 1.71. The van der Waals surface area contributed by atoms with Gasteiger partial charge in [-0.15, -0.1) is 0 Å². The van der Waals surface area contributed by atoms with E-state index in [4.69, 9.17) is 11.6 Å². The molecule has 0 saturated carbocycles. The molecular weight excluding hydrogens is 434 g/mol. The number of anilines is 1. The fourth-order valence-corrected chi connectivity index (χ4v) is 5.41. The van der Waals surface area contributed by atoms with Crippen LogP contribution in [-0.2, 0) is 27.9 Å². The third-order valence-corrected chi connectivity index (χ3v) is 6.87. The van der Waals surface area contributed by atoms with E-state index in [1.165, 1.54) is 18.4 Å². The Morgan fingerprint density at radius 1 is 1.13 bits per heavy atom. The van der Waals surface area contributed by atoms with Crippen LogP contribution in [0.15, 0.2) is 48.5 Å². The predicted octanol–water partition coefficient (Wildman–Crippen LogP) is 3.80. The van der Waals surface area contributed by atoms with Gasteiger partial charge in [-0.05, 0) is 61.7 Å². The highest BCUT2D eigenvalue weighted by Crippen LogP contribution is 2.25. The molecule has 1 saturated heterocycles. The summed E-state index contributed by atoms with van der Waals surface area (Å²) in [7, 11) is -3.69. The number of carbonyl (C=O) groups is 1. The van der Waals surface area contributed by atoms with Gasteiger partial charge in [-0.1, -0.05) is 48.9 Å². The topological polar surface area (TPSA) is 69.7 Å². The molecule has 1 N–H and O–H groups in total. The van der Waals surface area contributed by atoms with E-state index in [0.717, 1.165) is 35.8 Å². The smallest absolute Gasteiger partial charge is 0.244 e. The molecule has 1 aliphatic heterocycles. The van der Waals surface area contributed by atoms with Gasteiger partial charge in [-0.3, -0.25) is 14.0 Å². The van der Waals surface area contributed by atoms with Gasteiger partial charge in [0.15, 0.2) is 0 Å². The summed E-state index contributed by atoms with van der Waals surface area (Å²) in [6.07, 6.45) is 3.93. The van der Waals surface area contributed by atoms with Crippen LogP contribution >= 0.6 is 11.6 Å². The van der Waals surface area contributed by atoms with Crippen molar-refractivity contribution < 1.29 is 13.2 Å². The van der Waals surface area contributed by atoms with Crippen LogP contribution in [0, 0.1) is 0 Å². The van der Waals surface area contributed by atoms with Crippen molar-refractivity contribution in [2.75, 3.05) is 23.7 Å². The number of hydrogen-bond acceptors (Lipinski definition) is 4. The maximum absolute atomic E-state index is 13.0. The number of rotatable bonds is 9. The summed E-state index contributed by atoms with van der Waals surface area (Å²) in [5.74, 6) is -0.335. The molecule has 0 aliphatic carbocycles. The first-order valence-corrected chi connectivity index (χ1v) is 12.8. The summed E-state index contributed by atoms with van der Waals surface area (Å²) in [5, 5.41) is 3.33. The molecule has 1 atom stereocenters. The summed E-state index contributed by atoms with van der Waals surface area (Å²) in [6, 6.07) is 13.9. The van der Waals surface area contributed by atoms with Crippen molar-refractivity contribution in [3.63, 3.8) is 0 Å². The van der Waals surface area contributed by atoms with E-state index < -0.39 is 16.1 Å². The third kappa shape index (κ3) is 6.45. The number of sulfonamides is 1. The molecule has 168 valence electrons. The van der Waals surface area contributed by atoms with Gasteiger partial charge in [-0.25, -0.2) is 8.42 Å². The lowest BCUT2D eigenvalue weighted by molar-refractivity contribution is -0.122. The van der Waals surface area contributed by atoms with E-state index in [1.54, 1.807) is 31.2 Å². The summed E-state index contributed by atoms with van der Waals surface area (Å²) in [6.45, 7) is 5.31. The fourth-order valence-electron chi connectivity index (χ4n) is 4.02. The number of carbonyl (C=O) groups excluding carboxylic acids is 1. The van der Waals surface area contributed by atoms with Crippen molar-refractivity contribution >= 4 is 33.2 Å². The third-order valence-electron chi connectivity index (χ3n) is 5.46. The Morgan fingerprint density at radius 2 is 1.81 bits per heavy atom. The molecule has 1 heterocycles. The average molecular weight is 464 g/mol. The monoisotopic (exact) mass is 463 g/mol. The van der Waals surface area contributed by atoms with Crippen molar-refractivity contribution in [3.8, 4) is 0 Å². The van der Waals surface area contributed by atoms with Crippen LogP contribution in [-0.4, -0.2) is 44.6 Å². The minimum atomic E-state index is -3.69. The molecule has 1 aliphatic rings. The minimum Gasteiger partial charge on any atom is -0.350 e. The fraction of sp³-hybridized carbons (Fsp3) is 0.435. The van der Waals surface area contributed by atoms with E-state index in [0.29, 0.717) is 23.7 Å². The molecule has 31 heavy (non-hydrogen) atoms. The Labute approximate surface area is 190 Å². The highest BCUT2D eigenvalue weighted by molar-refractivity contribution is 7.92. The maximum atomic E-state index is 13.0. The first kappa shape index (κ1) is 23.6. The number of benzene rings is 2. The van der Waals surface area contributed by atoms with E-state index in [1.807, 2.05) is 12.1 Å². The molecule has 8 heteroatoms. The molecule has 6 nitrogen and oxygen atoms in total. The standard InChI is InChI=1S/C23H30ClN3O3S/c1-3-22(27(31(2,29)30)21-11-7-10-20(24)15-21)23(28)25-16-18-8-6-9-19(14-18)17-26-12-4-5-13-26/h6-11,14-15,22H,3-5,12-13,16-17H2,1-2H3,(H,25,28)/t22-/m0/s1. The Kier molecular flexibility index (Phi) is 7.97. The second-order valence-electron chi connectivity index (χ2n) is 7.98. The highest BCUT2D eigenvalue weighted by Gasteiger charge is 2.31. The van der Waals surface area contributed by atoms with Gasteiger partial charge in [0, 0.05) is 18.1 Å². The molecule has 0 radical (unpaired) electrons. The molecule has 0 bridgehead atoms. The van der Waals surface area contributed by atoms with E-state index in [9.17, 15) is 13.2 Å². The van der Waals surface area contributed by atoms with Gasteiger partial charge in [0.1, 0.15) is 6.04 Å². The number of halogens is 1. The average Bonchev–Trinajstić information content (AvgIpc) is 3.22. The van der Waals surface area contributed by atoms with Gasteiger partial charge in [0.25, 0.3) is 0 Å². The maximum Gasteiger partial charge on any atom is 0.244 e. The molecule has 1 fully saturated rings. The predicted molar refractivity (Wildman–Crippen MR) is 126 cm³/mol. The Morgan fingerprint density at radius 3 is 2.45 bits per heavy atom. The zero-order valence-corrected chi connectivity index (χ0v) is 19.6. The first-order chi connectivity index (χ1) is 14.8. The van der Waals surface area contributed by atoms with Gasteiger partial charge in [0.05, 0.1) is 11.9 Å². The molecule has 2 aromatic carbocycles. The quantitative estimate of drug-likeness (QED) is 0.614. The van der Waals surface area contributed by atoms with Crippen LogP contribution in [0.2, 0.25) is 5.02 Å². The van der Waals surface area contributed by atoms with Crippen LogP contribution in [0.1, 0.15) is 37.3 Å². The second kappa shape index (κ2) is 10.5. The van der Waals surface area contributed by atoms with Crippen molar-refractivity contribution in [1.29, 1.82) is 0 Å². The molecular formula is C23H30ClN3O3S. The number of nitrogens with zero attached hydrogens (tertiary/aromatic N) is 2. The summed E-state index contributed by atoms with van der Waals surface area (Å²) in [5.41, 5.74) is 2.59. The SMILES string of the molecule is CC[C@@H](C(=O)NCc1cccc(CN2CCCC2)c1)N(c1cccc(Cl)c1)S(C)(=O)=O. The number of amides is 1. The van der Waals surface area contributed by atoms with Gasteiger partial charge in [-0.2, -0.15) is 0 Å². The summed E-state index contributed by atoms with van der Waals surface area (Å²) < 4.78 is 26.2. The van der Waals surface area contributed by atoms with Crippen LogP contribution in [0.25, 0.3) is 0 Å². The first-order valence-electron chi connectivity index (χ1n) is 10.6. The molecule has 0 aromatic heterocycles. The summed E-state index contributed by atoms with van der Waals surface area (Å²) in [4.78, 5) is 15.4. The number of hydrogen-bond donors (Lipinski definition) is 1. The minimum absolute atomic E-state index is 0.334. The lowest BCUT2D eigenvalue weighted by Gasteiger charge is -2.30. The highest BCUT2D eigenvalue weighted by atomic mass is 35.5. The second-order valence-corrected chi connectivity index (χ2v) is 10.3. The van der Waals surface area contributed by atoms with Crippen molar-refractivity contribution in [2.45, 2.75) is 45.3 Å². The van der Waals surface area contributed by atoms with E-state index in [-0.39, 0.29) is 5.91 Å². The van der Waals surface area contributed by atoms with Crippen LogP contribution < -0.4 is 9.62 Å². The van der Waals surface area contributed by atoms with Gasteiger partial charge in [0.2, 0.25) is 15.9 Å². The largest absolute Gasteiger partial charge is 0.350 e. The summed E-state index contributed by atoms with van der Waals surface area (Å²) >= 11 is 6.06. The number of likely N-dealkylation sites (tertiary alicyclic amines) is 1. The molecule has 0 unspecified atom stereocenters. The van der Waals surface area contributed by atoms with Crippen LogP contribution in [0.5, 0.6) is 0 Å². The molecule has 2 aromatic rings. The normalized spacial score (nSPS) is 15.6. The van der Waals surface area contributed by atoms with E-state index >= 15 is 0 Å². The Hall–Kier alpha value is -2.09.